The van der Waals surface area contributed by atoms with E-state index in [9.17, 15) is 4.79 Å². The predicted molar refractivity (Wildman–Crippen MR) is 95.9 cm³/mol. The van der Waals surface area contributed by atoms with Gasteiger partial charge >= 0.3 is 0 Å². The van der Waals surface area contributed by atoms with Gasteiger partial charge in [-0.2, -0.15) is 0 Å². The number of amides is 1. The van der Waals surface area contributed by atoms with Crippen LogP contribution in [0.1, 0.15) is 17.7 Å². The van der Waals surface area contributed by atoms with Crippen molar-refractivity contribution in [2.45, 2.75) is 25.4 Å². The topological polar surface area (TPSA) is 50.8 Å². The van der Waals surface area contributed by atoms with Crippen molar-refractivity contribution in [3.05, 3.63) is 40.6 Å². The van der Waals surface area contributed by atoms with Crippen LogP contribution in [0.5, 0.6) is 11.5 Å². The van der Waals surface area contributed by atoms with E-state index in [4.69, 9.17) is 9.47 Å². The fourth-order valence-electron chi connectivity index (χ4n) is 2.63. The van der Waals surface area contributed by atoms with Gasteiger partial charge in [-0.1, -0.05) is 6.07 Å². The van der Waals surface area contributed by atoms with E-state index in [-0.39, 0.29) is 5.91 Å². The van der Waals surface area contributed by atoms with E-state index in [1.807, 2.05) is 12.1 Å². The van der Waals surface area contributed by atoms with Crippen molar-refractivity contribution in [2.75, 3.05) is 26.1 Å². The van der Waals surface area contributed by atoms with Gasteiger partial charge in [-0.3, -0.25) is 9.69 Å². The summed E-state index contributed by atoms with van der Waals surface area (Å²) < 4.78 is 10.5. The van der Waals surface area contributed by atoms with Crippen LogP contribution in [0, 0.1) is 0 Å². The molecule has 6 heteroatoms. The fourth-order valence-corrected chi connectivity index (χ4v) is 3.36. The number of nitrogens with zero attached hydrogens (tertiary/aromatic N) is 1. The second-order valence-corrected chi connectivity index (χ2v) is 6.86. The number of ether oxygens (including phenoxy) is 2. The highest BCUT2D eigenvalue weighted by molar-refractivity contribution is 7.09. The summed E-state index contributed by atoms with van der Waals surface area (Å²) in [4.78, 5) is 16.0. The number of carbonyl (C=O) groups excluding carboxylic acids is 1. The molecule has 1 amide bonds. The molecule has 0 aliphatic heterocycles. The first-order chi connectivity index (χ1) is 11.7. The summed E-state index contributed by atoms with van der Waals surface area (Å²) in [6.45, 7) is 1.22. The maximum atomic E-state index is 12.5. The highest BCUT2D eigenvalue weighted by Crippen LogP contribution is 2.31. The lowest BCUT2D eigenvalue weighted by Gasteiger charge is -2.21. The summed E-state index contributed by atoms with van der Waals surface area (Å²) >= 11 is 1.73. The maximum absolute atomic E-state index is 12.5. The Hall–Kier alpha value is -2.05. The Kier molecular flexibility index (Phi) is 5.37. The van der Waals surface area contributed by atoms with Gasteiger partial charge in [0.25, 0.3) is 0 Å². The number of anilines is 1. The first-order valence-electron chi connectivity index (χ1n) is 7.98. The van der Waals surface area contributed by atoms with Crippen molar-refractivity contribution in [1.29, 1.82) is 0 Å². The van der Waals surface area contributed by atoms with Gasteiger partial charge in [-0.15, -0.1) is 11.3 Å². The van der Waals surface area contributed by atoms with E-state index in [2.05, 4.69) is 21.7 Å². The molecule has 1 aromatic carbocycles. The van der Waals surface area contributed by atoms with Gasteiger partial charge in [0.1, 0.15) is 11.5 Å². The molecular formula is C18H22N2O3S. The minimum absolute atomic E-state index is 0.0260. The standard InChI is InChI=1S/C18H22N2O3S/c1-22-14-7-8-16(17(10-14)23-2)19-18(21)12-20(13-5-6-13)11-15-4-3-9-24-15/h3-4,7-10,13H,5-6,11-12H2,1-2H3,(H,19,21). The molecule has 2 aromatic rings. The van der Waals surface area contributed by atoms with Crippen LogP contribution >= 0.6 is 11.3 Å². The zero-order chi connectivity index (χ0) is 16.9. The number of hydrogen-bond donors (Lipinski definition) is 1. The van der Waals surface area contributed by atoms with E-state index in [1.54, 1.807) is 37.7 Å². The highest BCUT2D eigenvalue weighted by atomic mass is 32.1. The van der Waals surface area contributed by atoms with Crippen LogP contribution in [-0.2, 0) is 11.3 Å². The van der Waals surface area contributed by atoms with Gasteiger partial charge in [0.2, 0.25) is 5.91 Å². The average molecular weight is 346 g/mol. The lowest BCUT2D eigenvalue weighted by Crippen LogP contribution is -2.34. The number of benzene rings is 1. The van der Waals surface area contributed by atoms with Crippen LogP contribution in [0.2, 0.25) is 0 Å². The van der Waals surface area contributed by atoms with Crippen molar-refractivity contribution in [2.24, 2.45) is 0 Å². The molecule has 24 heavy (non-hydrogen) atoms. The van der Waals surface area contributed by atoms with E-state index < -0.39 is 0 Å². The fraction of sp³-hybridized carbons (Fsp3) is 0.389. The third kappa shape index (κ3) is 4.27. The molecule has 1 fully saturated rings. The minimum Gasteiger partial charge on any atom is -0.497 e. The van der Waals surface area contributed by atoms with Gasteiger partial charge in [-0.05, 0) is 36.4 Å². The molecule has 0 spiro atoms. The number of hydrogen-bond acceptors (Lipinski definition) is 5. The van der Waals surface area contributed by atoms with Gasteiger partial charge < -0.3 is 14.8 Å². The quantitative estimate of drug-likeness (QED) is 0.796. The zero-order valence-corrected chi connectivity index (χ0v) is 14.8. The molecule has 1 aromatic heterocycles. The summed E-state index contributed by atoms with van der Waals surface area (Å²) in [7, 11) is 3.18. The molecule has 1 aliphatic rings. The van der Waals surface area contributed by atoms with Crippen molar-refractivity contribution in [3.8, 4) is 11.5 Å². The molecule has 0 unspecified atom stereocenters. The molecule has 0 atom stereocenters. The molecule has 0 bridgehead atoms. The van der Waals surface area contributed by atoms with Crippen molar-refractivity contribution in [3.63, 3.8) is 0 Å². The number of methoxy groups -OCH3 is 2. The van der Waals surface area contributed by atoms with Gasteiger partial charge in [-0.25, -0.2) is 0 Å². The Morgan fingerprint density at radius 2 is 2.12 bits per heavy atom. The molecule has 1 saturated carbocycles. The van der Waals surface area contributed by atoms with Gasteiger partial charge in [0.05, 0.1) is 26.5 Å². The SMILES string of the molecule is COc1ccc(NC(=O)CN(Cc2cccs2)C2CC2)c(OC)c1. The number of rotatable bonds is 8. The molecule has 1 aliphatic carbocycles. The van der Waals surface area contributed by atoms with Crippen LogP contribution in [0.25, 0.3) is 0 Å². The van der Waals surface area contributed by atoms with E-state index in [0.29, 0.717) is 29.8 Å². The van der Waals surface area contributed by atoms with Crippen LogP contribution in [0.15, 0.2) is 35.7 Å². The summed E-state index contributed by atoms with van der Waals surface area (Å²) in [5.74, 6) is 1.27. The Balaban J connectivity index is 1.63. The van der Waals surface area contributed by atoms with Gasteiger partial charge in [0.15, 0.2) is 0 Å². The number of thiophene rings is 1. The van der Waals surface area contributed by atoms with Crippen molar-refractivity contribution < 1.29 is 14.3 Å². The smallest absolute Gasteiger partial charge is 0.238 e. The normalized spacial score (nSPS) is 13.8. The molecule has 1 heterocycles. The summed E-state index contributed by atoms with van der Waals surface area (Å²) in [5, 5.41) is 5.02. The molecule has 0 saturated heterocycles. The number of carbonyl (C=O) groups is 1. The molecule has 1 N–H and O–H groups in total. The van der Waals surface area contributed by atoms with Gasteiger partial charge in [0, 0.05) is 23.5 Å². The van der Waals surface area contributed by atoms with E-state index in [1.165, 1.54) is 17.7 Å². The van der Waals surface area contributed by atoms with Crippen LogP contribution in [0.3, 0.4) is 0 Å². The maximum Gasteiger partial charge on any atom is 0.238 e. The highest BCUT2D eigenvalue weighted by Gasteiger charge is 2.30. The second-order valence-electron chi connectivity index (χ2n) is 5.83. The molecule has 5 nitrogen and oxygen atoms in total. The lowest BCUT2D eigenvalue weighted by molar-refractivity contribution is -0.117. The first-order valence-corrected chi connectivity index (χ1v) is 8.86. The van der Waals surface area contributed by atoms with E-state index in [0.717, 1.165) is 6.54 Å². The second kappa shape index (κ2) is 7.68. The first kappa shape index (κ1) is 16.8. The third-order valence-electron chi connectivity index (χ3n) is 4.03. The van der Waals surface area contributed by atoms with E-state index >= 15 is 0 Å². The average Bonchev–Trinajstić information content (AvgIpc) is 3.32. The molecule has 128 valence electrons. The van der Waals surface area contributed by atoms with Crippen LogP contribution in [0.4, 0.5) is 5.69 Å². The van der Waals surface area contributed by atoms with Crippen molar-refractivity contribution in [1.82, 2.24) is 4.90 Å². The zero-order valence-electron chi connectivity index (χ0n) is 14.0. The summed E-state index contributed by atoms with van der Waals surface area (Å²) in [6.07, 6.45) is 2.34. The Bertz CT molecular complexity index is 684. The Morgan fingerprint density at radius 1 is 1.29 bits per heavy atom. The molecule has 0 radical (unpaired) electrons. The van der Waals surface area contributed by atoms with Crippen molar-refractivity contribution >= 4 is 22.9 Å². The Labute approximate surface area is 146 Å². The molecular weight excluding hydrogens is 324 g/mol. The third-order valence-corrected chi connectivity index (χ3v) is 4.89. The summed E-state index contributed by atoms with van der Waals surface area (Å²) in [6, 6.07) is 10.1. The predicted octanol–water partition coefficient (Wildman–Crippen LogP) is 3.37. The van der Waals surface area contributed by atoms with Crippen LogP contribution < -0.4 is 14.8 Å². The molecule has 3 rings (SSSR count). The lowest BCUT2D eigenvalue weighted by atomic mass is 10.2. The largest absolute Gasteiger partial charge is 0.497 e. The monoisotopic (exact) mass is 346 g/mol. The Morgan fingerprint density at radius 3 is 2.75 bits per heavy atom. The minimum atomic E-state index is -0.0260. The van der Waals surface area contributed by atoms with Crippen LogP contribution in [-0.4, -0.2) is 37.6 Å². The summed E-state index contributed by atoms with van der Waals surface area (Å²) in [5.41, 5.74) is 0.662. The number of nitrogens with one attached hydrogen (secondary N) is 1.